The fourth-order valence-electron chi connectivity index (χ4n) is 1.95. The molecule has 0 aliphatic carbocycles. The number of carbonyl (C=O) groups is 2. The van der Waals surface area contributed by atoms with Gasteiger partial charge in [-0.25, -0.2) is 0 Å². The first-order valence-corrected chi connectivity index (χ1v) is 7.34. The van der Waals surface area contributed by atoms with Gasteiger partial charge in [0.15, 0.2) is 0 Å². The molecule has 0 bridgehead atoms. The minimum absolute atomic E-state index is 0.00611. The Kier molecular flexibility index (Phi) is 5.94. The Morgan fingerprint density at radius 1 is 1.10 bits per heavy atom. The van der Waals surface area contributed by atoms with Gasteiger partial charge in [0.05, 0.1) is 12.6 Å². The molecule has 21 heavy (non-hydrogen) atoms. The van der Waals surface area contributed by atoms with E-state index in [4.69, 9.17) is 0 Å². The lowest BCUT2D eigenvalue weighted by molar-refractivity contribution is -0.131. The summed E-state index contributed by atoms with van der Waals surface area (Å²) in [6.45, 7) is 9.59. The summed E-state index contributed by atoms with van der Waals surface area (Å²) in [5, 5.41) is 5.65. The Labute approximate surface area is 127 Å². The van der Waals surface area contributed by atoms with Gasteiger partial charge in [-0.3, -0.25) is 9.59 Å². The second-order valence-electron chi connectivity index (χ2n) is 6.63. The Balaban J connectivity index is 2.61. The average molecular weight is 290 g/mol. The fourth-order valence-corrected chi connectivity index (χ4v) is 1.95. The molecular formula is C17H26N2O2. The minimum atomic E-state index is -0.489. The maximum absolute atomic E-state index is 12.0. The Hall–Kier alpha value is -1.84. The van der Waals surface area contributed by atoms with Crippen LogP contribution < -0.4 is 10.6 Å². The van der Waals surface area contributed by atoms with Crippen LogP contribution in [0.5, 0.6) is 0 Å². The molecule has 0 saturated heterocycles. The first-order chi connectivity index (χ1) is 9.71. The van der Waals surface area contributed by atoms with E-state index in [1.807, 2.05) is 51.1 Å². The van der Waals surface area contributed by atoms with Crippen molar-refractivity contribution < 1.29 is 9.59 Å². The van der Waals surface area contributed by atoms with Crippen LogP contribution in [0.1, 0.15) is 46.2 Å². The Morgan fingerprint density at radius 2 is 1.67 bits per heavy atom. The van der Waals surface area contributed by atoms with E-state index in [9.17, 15) is 9.59 Å². The number of nitrogens with one attached hydrogen (secondary N) is 2. The number of rotatable bonds is 5. The van der Waals surface area contributed by atoms with Gasteiger partial charge < -0.3 is 10.6 Å². The summed E-state index contributed by atoms with van der Waals surface area (Å²) in [5.41, 5.74) is 0.583. The van der Waals surface area contributed by atoms with Crippen molar-refractivity contribution in [1.29, 1.82) is 0 Å². The quantitative estimate of drug-likeness (QED) is 0.876. The summed E-state index contributed by atoms with van der Waals surface area (Å²) >= 11 is 0. The maximum Gasteiger partial charge on any atom is 0.239 e. The van der Waals surface area contributed by atoms with Gasteiger partial charge in [-0.1, -0.05) is 65.0 Å². The van der Waals surface area contributed by atoms with E-state index >= 15 is 0 Å². The first kappa shape index (κ1) is 17.2. The number of carbonyl (C=O) groups excluding carboxylic acids is 2. The lowest BCUT2D eigenvalue weighted by atomic mass is 9.95. The maximum atomic E-state index is 12.0. The van der Waals surface area contributed by atoms with Gasteiger partial charge in [-0.05, 0) is 11.5 Å². The summed E-state index contributed by atoms with van der Waals surface area (Å²) in [5.74, 6) is -0.0247. The third-order valence-corrected chi connectivity index (χ3v) is 3.23. The van der Waals surface area contributed by atoms with Crippen molar-refractivity contribution in [3.05, 3.63) is 35.9 Å². The molecule has 1 aromatic rings. The third-order valence-electron chi connectivity index (χ3n) is 3.23. The lowest BCUT2D eigenvalue weighted by Gasteiger charge is -2.24. The molecule has 1 rings (SSSR count). The van der Waals surface area contributed by atoms with Gasteiger partial charge in [0.2, 0.25) is 11.8 Å². The molecule has 2 N–H and O–H groups in total. The smallest absolute Gasteiger partial charge is 0.239 e. The van der Waals surface area contributed by atoms with Crippen LogP contribution in [0.25, 0.3) is 0 Å². The number of hydrogen-bond acceptors (Lipinski definition) is 2. The number of benzene rings is 1. The topological polar surface area (TPSA) is 58.2 Å². The zero-order valence-corrected chi connectivity index (χ0v) is 13.6. The summed E-state index contributed by atoms with van der Waals surface area (Å²) in [6, 6.07) is 9.81. The van der Waals surface area contributed by atoms with Crippen LogP contribution in [0.4, 0.5) is 0 Å². The molecule has 0 aliphatic rings. The van der Waals surface area contributed by atoms with Crippen molar-refractivity contribution in [3.63, 3.8) is 0 Å². The molecule has 1 aromatic carbocycles. The van der Waals surface area contributed by atoms with E-state index in [1.165, 1.54) is 0 Å². The summed E-state index contributed by atoms with van der Waals surface area (Å²) < 4.78 is 0. The van der Waals surface area contributed by atoms with Crippen LogP contribution in [0.15, 0.2) is 30.3 Å². The molecule has 0 aliphatic heterocycles. The standard InChI is InChI=1S/C17H26N2O2/c1-12(2)15(13-9-7-6-8-10-13)19-14(20)11-18-16(21)17(3,4)5/h6-10,12,15H,11H2,1-5H3,(H,18,21)(H,19,20). The number of amides is 2. The van der Waals surface area contributed by atoms with Crippen LogP contribution in [0, 0.1) is 11.3 Å². The highest BCUT2D eigenvalue weighted by Crippen LogP contribution is 2.21. The molecular weight excluding hydrogens is 264 g/mol. The summed E-state index contributed by atoms with van der Waals surface area (Å²) in [6.07, 6.45) is 0. The van der Waals surface area contributed by atoms with Crippen LogP contribution in [-0.2, 0) is 9.59 Å². The highest BCUT2D eigenvalue weighted by molar-refractivity contribution is 5.87. The predicted octanol–water partition coefficient (Wildman–Crippen LogP) is 2.66. The van der Waals surface area contributed by atoms with E-state index in [-0.39, 0.29) is 30.3 Å². The van der Waals surface area contributed by atoms with Crippen LogP contribution >= 0.6 is 0 Å². The second kappa shape index (κ2) is 7.25. The zero-order chi connectivity index (χ0) is 16.0. The lowest BCUT2D eigenvalue weighted by Crippen LogP contribution is -2.43. The highest BCUT2D eigenvalue weighted by Gasteiger charge is 2.22. The van der Waals surface area contributed by atoms with Gasteiger partial charge in [0, 0.05) is 5.41 Å². The fraction of sp³-hybridized carbons (Fsp3) is 0.529. The molecule has 4 nitrogen and oxygen atoms in total. The van der Waals surface area contributed by atoms with Crippen molar-refractivity contribution in [2.75, 3.05) is 6.54 Å². The second-order valence-corrected chi connectivity index (χ2v) is 6.63. The molecule has 0 fully saturated rings. The Morgan fingerprint density at radius 3 is 2.14 bits per heavy atom. The Bertz CT molecular complexity index is 475. The van der Waals surface area contributed by atoms with Crippen LogP contribution in [0.2, 0.25) is 0 Å². The summed E-state index contributed by atoms with van der Waals surface area (Å²) in [7, 11) is 0. The molecule has 0 aromatic heterocycles. The van der Waals surface area contributed by atoms with Crippen molar-refractivity contribution in [3.8, 4) is 0 Å². The predicted molar refractivity (Wildman–Crippen MR) is 84.6 cm³/mol. The molecule has 1 atom stereocenters. The van der Waals surface area contributed by atoms with E-state index < -0.39 is 5.41 Å². The monoisotopic (exact) mass is 290 g/mol. The van der Waals surface area contributed by atoms with E-state index in [2.05, 4.69) is 24.5 Å². The van der Waals surface area contributed by atoms with E-state index in [0.29, 0.717) is 0 Å². The minimum Gasteiger partial charge on any atom is -0.348 e. The average Bonchev–Trinajstić information content (AvgIpc) is 2.41. The molecule has 116 valence electrons. The molecule has 0 heterocycles. The highest BCUT2D eigenvalue weighted by atomic mass is 16.2. The first-order valence-electron chi connectivity index (χ1n) is 7.34. The molecule has 4 heteroatoms. The normalized spacial score (nSPS) is 12.9. The van der Waals surface area contributed by atoms with Gasteiger partial charge in [0.25, 0.3) is 0 Å². The molecule has 2 amide bonds. The molecule has 0 radical (unpaired) electrons. The molecule has 0 spiro atoms. The van der Waals surface area contributed by atoms with Gasteiger partial charge in [0.1, 0.15) is 0 Å². The van der Waals surface area contributed by atoms with Crippen molar-refractivity contribution in [2.24, 2.45) is 11.3 Å². The SMILES string of the molecule is CC(C)C(NC(=O)CNC(=O)C(C)(C)C)c1ccccc1. The summed E-state index contributed by atoms with van der Waals surface area (Å²) in [4.78, 5) is 23.8. The van der Waals surface area contributed by atoms with Crippen molar-refractivity contribution >= 4 is 11.8 Å². The molecule has 0 saturated carbocycles. The zero-order valence-electron chi connectivity index (χ0n) is 13.6. The van der Waals surface area contributed by atoms with Gasteiger partial charge in [-0.15, -0.1) is 0 Å². The van der Waals surface area contributed by atoms with Gasteiger partial charge in [-0.2, -0.15) is 0 Å². The molecule has 1 unspecified atom stereocenters. The van der Waals surface area contributed by atoms with Crippen molar-refractivity contribution in [2.45, 2.75) is 40.7 Å². The van der Waals surface area contributed by atoms with E-state index in [1.54, 1.807) is 0 Å². The third kappa shape index (κ3) is 5.58. The van der Waals surface area contributed by atoms with E-state index in [0.717, 1.165) is 5.56 Å². The van der Waals surface area contributed by atoms with Crippen LogP contribution in [0.3, 0.4) is 0 Å². The number of hydrogen-bond donors (Lipinski definition) is 2. The van der Waals surface area contributed by atoms with Gasteiger partial charge >= 0.3 is 0 Å². The van der Waals surface area contributed by atoms with Crippen LogP contribution in [-0.4, -0.2) is 18.4 Å². The van der Waals surface area contributed by atoms with Crippen molar-refractivity contribution in [1.82, 2.24) is 10.6 Å². The largest absolute Gasteiger partial charge is 0.348 e.